The highest BCUT2D eigenvalue weighted by Crippen LogP contribution is 2.58. The molecular formula is C14H16S. The summed E-state index contributed by atoms with van der Waals surface area (Å²) in [4.78, 5) is 1.58. The summed E-state index contributed by atoms with van der Waals surface area (Å²) in [5, 5.41) is 0.971. The summed E-state index contributed by atoms with van der Waals surface area (Å²) in [5.74, 6) is 3.14. The summed E-state index contributed by atoms with van der Waals surface area (Å²) in [5.41, 5.74) is 1.62. The average Bonchev–Trinajstić information content (AvgIpc) is 2.87. The van der Waals surface area contributed by atoms with Crippen LogP contribution in [0, 0.1) is 17.8 Å². The molecule has 0 spiro atoms. The number of thioether (sulfide) groups is 1. The molecule has 0 radical (unpaired) electrons. The maximum atomic E-state index is 2.34. The van der Waals surface area contributed by atoms with Crippen molar-refractivity contribution >= 4 is 11.8 Å². The van der Waals surface area contributed by atoms with Gasteiger partial charge in [0.05, 0.1) is 0 Å². The van der Waals surface area contributed by atoms with Crippen molar-refractivity contribution in [1.29, 1.82) is 0 Å². The Hall–Kier alpha value is -0.430. The van der Waals surface area contributed by atoms with E-state index in [1.165, 1.54) is 25.7 Å². The third-order valence-electron chi connectivity index (χ3n) is 4.70. The topological polar surface area (TPSA) is 0 Å². The number of benzene rings is 1. The first-order valence-corrected chi connectivity index (χ1v) is 7.04. The molecule has 2 bridgehead atoms. The Bertz CT molecular complexity index is 361. The van der Waals surface area contributed by atoms with Crippen LogP contribution in [-0.4, -0.2) is 5.25 Å². The second kappa shape index (κ2) is 3.04. The van der Waals surface area contributed by atoms with E-state index in [-0.39, 0.29) is 0 Å². The lowest BCUT2D eigenvalue weighted by molar-refractivity contribution is 0.335. The van der Waals surface area contributed by atoms with E-state index >= 15 is 0 Å². The van der Waals surface area contributed by atoms with Gasteiger partial charge in [0.15, 0.2) is 0 Å². The molecule has 1 aromatic carbocycles. The van der Waals surface area contributed by atoms with Gasteiger partial charge in [0.1, 0.15) is 0 Å². The Morgan fingerprint density at radius 3 is 2.93 bits per heavy atom. The summed E-state index contributed by atoms with van der Waals surface area (Å²) in [6, 6.07) is 9.05. The monoisotopic (exact) mass is 216 g/mol. The third-order valence-corrected chi connectivity index (χ3v) is 6.36. The van der Waals surface area contributed by atoms with Crippen LogP contribution in [0.5, 0.6) is 0 Å². The molecule has 1 heterocycles. The van der Waals surface area contributed by atoms with Crippen molar-refractivity contribution in [3.05, 3.63) is 29.8 Å². The van der Waals surface area contributed by atoms with E-state index in [2.05, 4.69) is 36.0 Å². The first kappa shape index (κ1) is 8.69. The molecule has 1 aliphatic heterocycles. The fourth-order valence-corrected chi connectivity index (χ4v) is 5.70. The van der Waals surface area contributed by atoms with Crippen LogP contribution >= 0.6 is 11.8 Å². The standard InChI is InChI=1S/C14H16S/c1-2-4-13-10(3-1)8-12-9-5-6-11(7-9)14(12)15-13/h1-4,9,11-12,14H,5-8H2/t9?,11?,12-,14+/m1/s1. The molecule has 2 saturated carbocycles. The lowest BCUT2D eigenvalue weighted by Gasteiger charge is -2.35. The zero-order chi connectivity index (χ0) is 9.83. The molecule has 0 N–H and O–H groups in total. The number of hydrogen-bond acceptors (Lipinski definition) is 1. The molecule has 1 heteroatoms. The van der Waals surface area contributed by atoms with E-state index in [1.807, 2.05) is 0 Å². The van der Waals surface area contributed by atoms with Gasteiger partial charge in [0.2, 0.25) is 0 Å². The fraction of sp³-hybridized carbons (Fsp3) is 0.571. The highest BCUT2D eigenvalue weighted by molar-refractivity contribution is 8.00. The number of hydrogen-bond donors (Lipinski definition) is 0. The first-order chi connectivity index (χ1) is 7.42. The van der Waals surface area contributed by atoms with Crippen LogP contribution in [0.3, 0.4) is 0 Å². The van der Waals surface area contributed by atoms with Gasteiger partial charge in [0.25, 0.3) is 0 Å². The molecule has 3 aliphatic rings. The van der Waals surface area contributed by atoms with Gasteiger partial charge in [0, 0.05) is 10.1 Å². The van der Waals surface area contributed by atoms with Crippen molar-refractivity contribution in [2.45, 2.75) is 35.8 Å². The smallest absolute Gasteiger partial charge is 0.0157 e. The lowest BCUT2D eigenvalue weighted by Crippen LogP contribution is -2.29. The predicted molar refractivity (Wildman–Crippen MR) is 64.1 cm³/mol. The summed E-state index contributed by atoms with van der Waals surface area (Å²) in [6.07, 6.45) is 5.95. The van der Waals surface area contributed by atoms with Crippen LogP contribution in [0.4, 0.5) is 0 Å². The van der Waals surface area contributed by atoms with Gasteiger partial charge in [-0.15, -0.1) is 11.8 Å². The van der Waals surface area contributed by atoms with Gasteiger partial charge in [-0.1, -0.05) is 18.2 Å². The van der Waals surface area contributed by atoms with Crippen LogP contribution in [0.1, 0.15) is 24.8 Å². The molecule has 2 unspecified atom stereocenters. The molecule has 0 saturated heterocycles. The Kier molecular flexibility index (Phi) is 1.76. The second-order valence-corrected chi connectivity index (χ2v) is 6.61. The third kappa shape index (κ3) is 1.16. The Morgan fingerprint density at radius 2 is 1.93 bits per heavy atom. The molecule has 4 atom stereocenters. The molecule has 78 valence electrons. The van der Waals surface area contributed by atoms with Gasteiger partial charge in [-0.25, -0.2) is 0 Å². The Morgan fingerprint density at radius 1 is 1.07 bits per heavy atom. The summed E-state index contributed by atoms with van der Waals surface area (Å²) in [7, 11) is 0. The highest BCUT2D eigenvalue weighted by atomic mass is 32.2. The van der Waals surface area contributed by atoms with Crippen molar-refractivity contribution in [1.82, 2.24) is 0 Å². The van der Waals surface area contributed by atoms with Gasteiger partial charge in [-0.3, -0.25) is 0 Å². The van der Waals surface area contributed by atoms with Gasteiger partial charge in [-0.05, 0) is 55.1 Å². The summed E-state index contributed by atoms with van der Waals surface area (Å²) < 4.78 is 0. The first-order valence-electron chi connectivity index (χ1n) is 6.16. The van der Waals surface area contributed by atoms with Gasteiger partial charge < -0.3 is 0 Å². The normalized spacial score (nSPS) is 41.3. The largest absolute Gasteiger partial charge is 0.122 e. The van der Waals surface area contributed by atoms with E-state index in [1.54, 1.807) is 10.5 Å². The fourth-order valence-electron chi connectivity index (χ4n) is 4.01. The van der Waals surface area contributed by atoms with Crippen molar-refractivity contribution < 1.29 is 0 Å². The number of rotatable bonds is 0. The maximum absolute atomic E-state index is 2.34. The van der Waals surface area contributed by atoms with Crippen molar-refractivity contribution in [3.63, 3.8) is 0 Å². The average molecular weight is 216 g/mol. The van der Waals surface area contributed by atoms with Crippen LogP contribution in [-0.2, 0) is 6.42 Å². The lowest BCUT2D eigenvalue weighted by atomic mass is 9.83. The minimum Gasteiger partial charge on any atom is -0.122 e. The van der Waals surface area contributed by atoms with E-state index in [0.717, 1.165) is 23.0 Å². The minimum atomic E-state index is 0.971. The molecule has 0 nitrogen and oxygen atoms in total. The molecule has 0 amide bonds. The molecule has 1 aromatic rings. The van der Waals surface area contributed by atoms with E-state index in [9.17, 15) is 0 Å². The molecular weight excluding hydrogens is 200 g/mol. The second-order valence-electron chi connectivity index (χ2n) is 5.39. The molecule has 2 fully saturated rings. The van der Waals surface area contributed by atoms with E-state index < -0.39 is 0 Å². The molecule has 0 aromatic heterocycles. The summed E-state index contributed by atoms with van der Waals surface area (Å²) in [6.45, 7) is 0. The zero-order valence-corrected chi connectivity index (χ0v) is 9.67. The zero-order valence-electron chi connectivity index (χ0n) is 8.86. The minimum absolute atomic E-state index is 0.971. The van der Waals surface area contributed by atoms with E-state index in [4.69, 9.17) is 0 Å². The molecule has 2 aliphatic carbocycles. The quantitative estimate of drug-likeness (QED) is 0.636. The number of fused-ring (bicyclic) bond motifs is 6. The predicted octanol–water partition coefficient (Wildman–Crippen LogP) is 3.75. The van der Waals surface area contributed by atoms with Crippen LogP contribution in [0.2, 0.25) is 0 Å². The van der Waals surface area contributed by atoms with Gasteiger partial charge >= 0.3 is 0 Å². The van der Waals surface area contributed by atoms with Crippen molar-refractivity contribution in [3.8, 4) is 0 Å². The van der Waals surface area contributed by atoms with Gasteiger partial charge in [-0.2, -0.15) is 0 Å². The molecule has 15 heavy (non-hydrogen) atoms. The van der Waals surface area contributed by atoms with E-state index in [0.29, 0.717) is 0 Å². The Balaban J connectivity index is 1.75. The Labute approximate surface area is 95.5 Å². The van der Waals surface area contributed by atoms with Crippen molar-refractivity contribution in [2.75, 3.05) is 0 Å². The highest BCUT2D eigenvalue weighted by Gasteiger charge is 2.49. The van der Waals surface area contributed by atoms with Crippen LogP contribution < -0.4 is 0 Å². The SMILES string of the molecule is c1ccc2c(c1)C[C@@H]1C3CCC(C3)[C@@H]1S2. The van der Waals surface area contributed by atoms with Crippen LogP contribution in [0.15, 0.2) is 29.2 Å². The van der Waals surface area contributed by atoms with Crippen LogP contribution in [0.25, 0.3) is 0 Å². The maximum Gasteiger partial charge on any atom is 0.0157 e. The van der Waals surface area contributed by atoms with Crippen molar-refractivity contribution in [2.24, 2.45) is 17.8 Å². The summed E-state index contributed by atoms with van der Waals surface area (Å²) >= 11 is 2.19. The molecule has 4 rings (SSSR count).